The number of benzene rings is 3. The number of ether oxygens (including phenoxy) is 2. The molecule has 1 aliphatic rings. The molecule has 11 heteroatoms. The first-order valence-electron chi connectivity index (χ1n) is 14.2. The molecule has 0 saturated heterocycles. The predicted octanol–water partition coefficient (Wildman–Crippen LogP) is 9.18. The zero-order chi connectivity index (χ0) is 31.9. The minimum atomic E-state index is -4.64. The second-order valence-corrected chi connectivity index (χ2v) is 10.6. The van der Waals surface area contributed by atoms with E-state index in [-0.39, 0.29) is 48.0 Å². The Hall–Kier alpha value is -3.92. The lowest BCUT2D eigenvalue weighted by Crippen LogP contribution is -2.13. The van der Waals surface area contributed by atoms with Crippen LogP contribution in [-0.4, -0.2) is 24.4 Å². The summed E-state index contributed by atoms with van der Waals surface area (Å²) in [6, 6.07) is 10.8. The molecule has 0 aliphatic heterocycles. The number of unbranched alkanes of at least 4 members (excludes halogenated alkanes) is 1. The first-order valence-corrected chi connectivity index (χ1v) is 14.7. The number of amides is 1. The molecule has 4 rings (SSSR count). The number of hydrogen-bond acceptors (Lipinski definition) is 4. The molecule has 0 heterocycles. The summed E-state index contributed by atoms with van der Waals surface area (Å²) in [5, 5.41) is 2.80. The van der Waals surface area contributed by atoms with E-state index in [9.17, 15) is 31.5 Å². The van der Waals surface area contributed by atoms with Gasteiger partial charge in [-0.2, -0.15) is 13.2 Å². The molecule has 0 unspecified atom stereocenters. The fourth-order valence-corrected chi connectivity index (χ4v) is 5.22. The van der Waals surface area contributed by atoms with Crippen LogP contribution in [0, 0.1) is 11.6 Å². The summed E-state index contributed by atoms with van der Waals surface area (Å²) < 4.78 is 80.1. The summed E-state index contributed by atoms with van der Waals surface area (Å²) in [7, 11) is 0. The van der Waals surface area contributed by atoms with Crippen LogP contribution in [0.1, 0.15) is 78.1 Å². The van der Waals surface area contributed by atoms with E-state index in [1.165, 1.54) is 18.2 Å². The van der Waals surface area contributed by atoms with Crippen molar-refractivity contribution in [3.8, 4) is 5.75 Å². The lowest BCUT2D eigenvalue weighted by atomic mass is 9.93. The maximum absolute atomic E-state index is 14.3. The van der Waals surface area contributed by atoms with Gasteiger partial charge in [-0.25, -0.2) is 13.6 Å². The first kappa shape index (κ1) is 33.0. The zero-order valence-corrected chi connectivity index (χ0v) is 24.7. The number of carbonyl (C=O) groups excluding carboxylic acids is 2. The number of anilines is 1. The van der Waals surface area contributed by atoms with Crippen LogP contribution in [0.2, 0.25) is 0 Å². The van der Waals surface area contributed by atoms with E-state index in [1.54, 1.807) is 19.1 Å². The number of allylic oxidation sites excluding steroid dienone is 2. The Morgan fingerprint density at radius 2 is 1.73 bits per heavy atom. The van der Waals surface area contributed by atoms with Gasteiger partial charge in [-0.3, -0.25) is 4.79 Å². The molecule has 0 bridgehead atoms. The average Bonchev–Trinajstić information content (AvgIpc) is 3.46. The Labute approximate surface area is 257 Å². The summed E-state index contributed by atoms with van der Waals surface area (Å²) >= 11 is 5.71. The van der Waals surface area contributed by atoms with Crippen LogP contribution in [0.15, 0.2) is 54.6 Å². The van der Waals surface area contributed by atoms with Gasteiger partial charge in [0.1, 0.15) is 24.0 Å². The summed E-state index contributed by atoms with van der Waals surface area (Å²) in [5.41, 5.74) is 1.59. The molecule has 3 aromatic rings. The minimum absolute atomic E-state index is 0.0337. The highest BCUT2D eigenvalue weighted by Gasteiger charge is 2.32. The number of halogens is 6. The van der Waals surface area contributed by atoms with E-state index in [0.29, 0.717) is 66.4 Å². The van der Waals surface area contributed by atoms with E-state index >= 15 is 0 Å². The van der Waals surface area contributed by atoms with Gasteiger partial charge in [0.25, 0.3) is 0 Å². The molecule has 5 nitrogen and oxygen atoms in total. The molecule has 44 heavy (non-hydrogen) atoms. The van der Waals surface area contributed by atoms with Crippen molar-refractivity contribution < 1.29 is 41.0 Å². The van der Waals surface area contributed by atoms with Crippen LogP contribution in [-0.2, 0) is 22.3 Å². The fraction of sp³-hybridized carbons (Fsp3) is 0.333. The third-order valence-corrected chi connectivity index (χ3v) is 7.38. The van der Waals surface area contributed by atoms with Gasteiger partial charge in [0, 0.05) is 35.2 Å². The monoisotopic (exact) mass is 635 g/mol. The Balaban J connectivity index is 1.78. The van der Waals surface area contributed by atoms with E-state index in [0.717, 1.165) is 18.2 Å². The van der Waals surface area contributed by atoms with Crippen molar-refractivity contribution in [2.45, 2.75) is 58.2 Å². The average molecular weight is 636 g/mol. The zero-order valence-electron chi connectivity index (χ0n) is 24.0. The lowest BCUT2D eigenvalue weighted by molar-refractivity contribution is -0.137. The van der Waals surface area contributed by atoms with Gasteiger partial charge >= 0.3 is 12.1 Å². The van der Waals surface area contributed by atoms with Gasteiger partial charge in [-0.1, -0.05) is 0 Å². The number of hydrogen-bond donors (Lipinski definition) is 1. The Morgan fingerprint density at radius 3 is 2.43 bits per heavy atom. The van der Waals surface area contributed by atoms with Crippen molar-refractivity contribution in [1.29, 1.82) is 0 Å². The number of rotatable bonds is 12. The molecular weight excluding hydrogens is 605 g/mol. The minimum Gasteiger partial charge on any atom is -0.488 e. The van der Waals surface area contributed by atoms with E-state index < -0.39 is 29.3 Å². The van der Waals surface area contributed by atoms with Crippen LogP contribution < -0.4 is 10.1 Å². The maximum atomic E-state index is 14.3. The molecule has 234 valence electrons. The standard InChI is InChI=1S/C33H31ClF5NO4/c1-2-43-32(42)22-14-21(15-25(16-22)40-31(41)8-3-4-13-34)26-6-5-7-27(26)28-17-23(33(37,38)39)10-12-30(28)44-19-20-9-11-24(35)18-29(20)36/h9-12,14-18H,2-8,13,19H2,1H3,(H,40,41). The third-order valence-electron chi connectivity index (χ3n) is 7.11. The van der Waals surface area contributed by atoms with E-state index in [4.69, 9.17) is 21.1 Å². The van der Waals surface area contributed by atoms with E-state index in [1.807, 2.05) is 0 Å². The van der Waals surface area contributed by atoms with Crippen LogP contribution in [0.25, 0.3) is 11.1 Å². The van der Waals surface area contributed by atoms with Gasteiger partial charge in [-0.15, -0.1) is 11.6 Å². The second kappa shape index (κ2) is 14.7. The Morgan fingerprint density at radius 1 is 0.955 bits per heavy atom. The number of esters is 1. The third kappa shape index (κ3) is 8.37. The topological polar surface area (TPSA) is 64.6 Å². The molecule has 0 aromatic heterocycles. The van der Waals surface area contributed by atoms with E-state index in [2.05, 4.69) is 5.32 Å². The van der Waals surface area contributed by atoms with Gasteiger partial charge < -0.3 is 14.8 Å². The Bertz CT molecular complexity index is 1550. The number of alkyl halides is 4. The van der Waals surface area contributed by atoms with Gasteiger partial charge in [0.15, 0.2) is 0 Å². The molecular formula is C33H31ClF5NO4. The molecule has 3 aromatic carbocycles. The Kier molecular flexibility index (Phi) is 11.0. The van der Waals surface area contributed by atoms with Crippen molar-refractivity contribution in [2.24, 2.45) is 0 Å². The van der Waals surface area contributed by atoms with Crippen molar-refractivity contribution in [1.82, 2.24) is 0 Å². The summed E-state index contributed by atoms with van der Waals surface area (Å²) in [6.07, 6.45) is -1.69. The molecule has 0 saturated carbocycles. The van der Waals surface area contributed by atoms with Crippen molar-refractivity contribution in [2.75, 3.05) is 17.8 Å². The molecule has 0 spiro atoms. The van der Waals surface area contributed by atoms with Gasteiger partial charge in [0.2, 0.25) is 5.91 Å². The van der Waals surface area contributed by atoms with Crippen LogP contribution in [0.5, 0.6) is 5.75 Å². The molecule has 0 fully saturated rings. The number of carbonyl (C=O) groups is 2. The van der Waals surface area contributed by atoms with Gasteiger partial charge in [0.05, 0.1) is 17.7 Å². The quantitative estimate of drug-likeness (QED) is 0.0933. The van der Waals surface area contributed by atoms with Crippen molar-refractivity contribution in [3.63, 3.8) is 0 Å². The normalized spacial score (nSPS) is 13.2. The molecule has 1 aliphatic carbocycles. The largest absolute Gasteiger partial charge is 0.488 e. The molecule has 0 atom stereocenters. The molecule has 0 radical (unpaired) electrons. The lowest BCUT2D eigenvalue weighted by Gasteiger charge is -2.18. The SMILES string of the molecule is CCOC(=O)c1cc(NC(=O)CCCCCl)cc(C2=C(c3cc(C(F)(F)F)ccc3OCc3ccc(F)cc3F)CCC2)c1. The molecule has 1 N–H and O–H groups in total. The fourth-order valence-electron chi connectivity index (χ4n) is 5.03. The first-order chi connectivity index (χ1) is 21.0. The predicted molar refractivity (Wildman–Crippen MR) is 158 cm³/mol. The summed E-state index contributed by atoms with van der Waals surface area (Å²) in [6.45, 7) is 1.44. The smallest absolute Gasteiger partial charge is 0.416 e. The highest BCUT2D eigenvalue weighted by atomic mass is 35.5. The van der Waals surface area contributed by atoms with Crippen molar-refractivity contribution >= 4 is 40.3 Å². The highest BCUT2D eigenvalue weighted by molar-refractivity contribution is 6.17. The van der Waals surface area contributed by atoms with Crippen LogP contribution in [0.3, 0.4) is 0 Å². The van der Waals surface area contributed by atoms with Crippen LogP contribution in [0.4, 0.5) is 27.6 Å². The number of nitrogens with one attached hydrogen (secondary N) is 1. The highest BCUT2D eigenvalue weighted by Crippen LogP contribution is 2.45. The van der Waals surface area contributed by atoms with Crippen molar-refractivity contribution in [3.05, 3.63) is 94.0 Å². The second-order valence-electron chi connectivity index (χ2n) is 10.3. The summed E-state index contributed by atoms with van der Waals surface area (Å²) in [5.74, 6) is -1.98. The summed E-state index contributed by atoms with van der Waals surface area (Å²) in [4.78, 5) is 25.3. The van der Waals surface area contributed by atoms with Crippen LogP contribution >= 0.6 is 11.6 Å². The maximum Gasteiger partial charge on any atom is 0.416 e. The van der Waals surface area contributed by atoms with Gasteiger partial charge in [-0.05, 0) is 104 Å². The molecule has 1 amide bonds.